The molecule has 0 radical (unpaired) electrons. The number of benzene rings is 1. The molecule has 0 unspecified atom stereocenters. The molecule has 9 heteroatoms. The van der Waals surface area contributed by atoms with E-state index in [0.29, 0.717) is 29.2 Å². The monoisotopic (exact) mass is 383 g/mol. The van der Waals surface area contributed by atoms with E-state index in [0.717, 1.165) is 19.6 Å². The van der Waals surface area contributed by atoms with Gasteiger partial charge in [0, 0.05) is 48.6 Å². The molecule has 1 aromatic carbocycles. The predicted molar refractivity (Wildman–Crippen MR) is 103 cm³/mol. The maximum absolute atomic E-state index is 14.5. The number of anilines is 1. The molecule has 8 nitrogen and oxygen atoms in total. The molecule has 0 amide bonds. The summed E-state index contributed by atoms with van der Waals surface area (Å²) >= 11 is 0. The largest absolute Gasteiger partial charge is 0.507 e. The van der Waals surface area contributed by atoms with Crippen molar-refractivity contribution in [1.82, 2.24) is 30.7 Å². The SMILES string of the molecule is CC(C)[C@H]1CN(c2ncc(-c3cc(F)c(-c4cn[nH]c4)cc3O)nn2)CCN1. The number of hydrogen-bond donors (Lipinski definition) is 3. The molecule has 28 heavy (non-hydrogen) atoms. The first-order valence-electron chi connectivity index (χ1n) is 9.23. The van der Waals surface area contributed by atoms with Crippen LogP contribution in [0, 0.1) is 11.7 Å². The molecule has 0 saturated carbocycles. The van der Waals surface area contributed by atoms with Crippen molar-refractivity contribution < 1.29 is 9.50 Å². The third-order valence-corrected chi connectivity index (χ3v) is 5.01. The topological polar surface area (TPSA) is 103 Å². The van der Waals surface area contributed by atoms with Crippen molar-refractivity contribution in [3.05, 3.63) is 36.5 Å². The van der Waals surface area contributed by atoms with Gasteiger partial charge in [0.15, 0.2) is 0 Å². The third-order valence-electron chi connectivity index (χ3n) is 5.01. The molecule has 1 aliphatic heterocycles. The van der Waals surface area contributed by atoms with E-state index in [1.165, 1.54) is 24.5 Å². The van der Waals surface area contributed by atoms with Crippen LogP contribution in [0.5, 0.6) is 5.75 Å². The van der Waals surface area contributed by atoms with Crippen LogP contribution in [-0.2, 0) is 0 Å². The first-order valence-corrected chi connectivity index (χ1v) is 9.23. The summed E-state index contributed by atoms with van der Waals surface area (Å²) in [5, 5.41) is 28.7. The summed E-state index contributed by atoms with van der Waals surface area (Å²) in [6, 6.07) is 2.96. The highest BCUT2D eigenvalue weighted by Gasteiger charge is 2.24. The Morgan fingerprint density at radius 3 is 2.75 bits per heavy atom. The fraction of sp³-hybridized carbons (Fsp3) is 0.368. The standard InChI is InChI=1S/C19H22FN7O/c1-11(2)17-10-27(4-3-21-17)19-22-9-16(25-26-19)14-5-15(20)13(6-18(14)28)12-7-23-24-8-12/h5-9,11,17,21,28H,3-4,10H2,1-2H3,(H,23,24)/t17-/m1/s1. The Hall–Kier alpha value is -3.07. The van der Waals surface area contributed by atoms with Gasteiger partial charge in [0.2, 0.25) is 5.95 Å². The van der Waals surface area contributed by atoms with Gasteiger partial charge in [-0.3, -0.25) is 5.10 Å². The number of aromatic nitrogens is 5. The molecule has 1 aliphatic rings. The van der Waals surface area contributed by atoms with E-state index in [4.69, 9.17) is 0 Å². The maximum atomic E-state index is 14.5. The summed E-state index contributed by atoms with van der Waals surface area (Å²) in [4.78, 5) is 6.48. The molecule has 1 fully saturated rings. The molecule has 1 saturated heterocycles. The first kappa shape index (κ1) is 18.3. The summed E-state index contributed by atoms with van der Waals surface area (Å²) in [5.74, 6) is 0.458. The molecule has 0 bridgehead atoms. The molecule has 0 spiro atoms. The van der Waals surface area contributed by atoms with Gasteiger partial charge in [-0.2, -0.15) is 5.10 Å². The molecule has 2 aromatic heterocycles. The lowest BCUT2D eigenvalue weighted by Crippen LogP contribution is -2.53. The zero-order chi connectivity index (χ0) is 19.7. The quantitative estimate of drug-likeness (QED) is 0.635. The molecular weight excluding hydrogens is 361 g/mol. The minimum Gasteiger partial charge on any atom is -0.507 e. The van der Waals surface area contributed by atoms with Gasteiger partial charge in [0.25, 0.3) is 0 Å². The zero-order valence-electron chi connectivity index (χ0n) is 15.7. The Labute approximate surface area is 161 Å². The normalized spacial score (nSPS) is 17.3. The number of hydrogen-bond acceptors (Lipinski definition) is 7. The van der Waals surface area contributed by atoms with E-state index in [1.54, 1.807) is 6.20 Å². The molecule has 3 heterocycles. The summed E-state index contributed by atoms with van der Waals surface area (Å²) < 4.78 is 14.5. The minimum atomic E-state index is -0.484. The summed E-state index contributed by atoms with van der Waals surface area (Å²) in [6.45, 7) is 6.80. The smallest absolute Gasteiger partial charge is 0.245 e. The molecular formula is C19H22FN7O. The first-order chi connectivity index (χ1) is 13.5. The molecule has 146 valence electrons. The number of rotatable bonds is 4. The van der Waals surface area contributed by atoms with Gasteiger partial charge in [0.05, 0.1) is 12.4 Å². The van der Waals surface area contributed by atoms with Gasteiger partial charge < -0.3 is 15.3 Å². The highest BCUT2D eigenvalue weighted by Crippen LogP contribution is 2.34. The van der Waals surface area contributed by atoms with Crippen LogP contribution < -0.4 is 10.2 Å². The number of nitrogens with zero attached hydrogens (tertiary/aromatic N) is 5. The number of phenolic OH excluding ortho intramolecular Hbond substituents is 1. The van der Waals surface area contributed by atoms with Gasteiger partial charge in [0.1, 0.15) is 17.3 Å². The Morgan fingerprint density at radius 1 is 1.21 bits per heavy atom. The third kappa shape index (κ3) is 3.53. The second kappa shape index (κ2) is 7.51. The Bertz CT molecular complexity index is 944. The lowest BCUT2D eigenvalue weighted by molar-refractivity contribution is 0.365. The van der Waals surface area contributed by atoms with Gasteiger partial charge in [-0.1, -0.05) is 13.8 Å². The van der Waals surface area contributed by atoms with Crippen LogP contribution in [0.25, 0.3) is 22.4 Å². The van der Waals surface area contributed by atoms with Crippen molar-refractivity contribution in [2.45, 2.75) is 19.9 Å². The minimum absolute atomic E-state index is 0.0940. The van der Waals surface area contributed by atoms with Crippen LogP contribution in [0.1, 0.15) is 13.8 Å². The van der Waals surface area contributed by atoms with Crippen molar-refractivity contribution in [1.29, 1.82) is 0 Å². The zero-order valence-corrected chi connectivity index (χ0v) is 15.7. The van der Waals surface area contributed by atoms with E-state index < -0.39 is 5.82 Å². The molecule has 3 aromatic rings. The number of halogens is 1. The Kier molecular flexibility index (Phi) is 4.91. The van der Waals surface area contributed by atoms with Crippen molar-refractivity contribution in [3.63, 3.8) is 0 Å². The van der Waals surface area contributed by atoms with Gasteiger partial charge in [-0.05, 0) is 18.1 Å². The van der Waals surface area contributed by atoms with Crippen LogP contribution in [0.2, 0.25) is 0 Å². The van der Waals surface area contributed by atoms with Crippen molar-refractivity contribution in [2.75, 3.05) is 24.5 Å². The number of phenols is 1. The maximum Gasteiger partial charge on any atom is 0.245 e. The van der Waals surface area contributed by atoms with E-state index in [1.807, 2.05) is 0 Å². The van der Waals surface area contributed by atoms with Gasteiger partial charge >= 0.3 is 0 Å². The Morgan fingerprint density at radius 2 is 2.07 bits per heavy atom. The van der Waals surface area contributed by atoms with Gasteiger partial charge in [-0.25, -0.2) is 9.37 Å². The average molecular weight is 383 g/mol. The highest BCUT2D eigenvalue weighted by atomic mass is 19.1. The summed E-state index contributed by atoms with van der Waals surface area (Å²) in [7, 11) is 0. The van der Waals surface area contributed by atoms with Crippen molar-refractivity contribution in [2.24, 2.45) is 5.92 Å². The van der Waals surface area contributed by atoms with Crippen LogP contribution in [0.4, 0.5) is 10.3 Å². The van der Waals surface area contributed by atoms with E-state index in [2.05, 4.69) is 49.4 Å². The summed E-state index contributed by atoms with van der Waals surface area (Å²) in [5.41, 5.74) is 1.37. The van der Waals surface area contributed by atoms with Crippen molar-refractivity contribution in [3.8, 4) is 28.1 Å². The van der Waals surface area contributed by atoms with Crippen LogP contribution in [-0.4, -0.2) is 56.2 Å². The van der Waals surface area contributed by atoms with E-state index >= 15 is 0 Å². The fourth-order valence-electron chi connectivity index (χ4n) is 3.33. The molecule has 0 aliphatic carbocycles. The number of H-pyrrole nitrogens is 1. The number of aromatic amines is 1. The van der Waals surface area contributed by atoms with E-state index in [9.17, 15) is 9.50 Å². The van der Waals surface area contributed by atoms with E-state index in [-0.39, 0.29) is 16.9 Å². The number of aromatic hydroxyl groups is 1. The average Bonchev–Trinajstić information content (AvgIpc) is 3.24. The van der Waals surface area contributed by atoms with Crippen LogP contribution in [0.3, 0.4) is 0 Å². The number of piperazine rings is 1. The molecule has 3 N–H and O–H groups in total. The highest BCUT2D eigenvalue weighted by molar-refractivity contribution is 5.74. The Balaban J connectivity index is 1.58. The predicted octanol–water partition coefficient (Wildman–Crippen LogP) is 2.21. The lowest BCUT2D eigenvalue weighted by Gasteiger charge is -2.35. The second-order valence-corrected chi connectivity index (χ2v) is 7.23. The fourth-order valence-corrected chi connectivity index (χ4v) is 3.33. The summed E-state index contributed by atoms with van der Waals surface area (Å²) in [6.07, 6.45) is 4.57. The second-order valence-electron chi connectivity index (χ2n) is 7.23. The van der Waals surface area contributed by atoms with Crippen molar-refractivity contribution >= 4 is 5.95 Å². The molecule has 4 rings (SSSR count). The van der Waals surface area contributed by atoms with Gasteiger partial charge in [-0.15, -0.1) is 10.2 Å². The van der Waals surface area contributed by atoms with Crippen LogP contribution in [0.15, 0.2) is 30.7 Å². The lowest BCUT2D eigenvalue weighted by atomic mass is 10.0. The number of nitrogens with one attached hydrogen (secondary N) is 2. The molecule has 1 atom stereocenters. The van der Waals surface area contributed by atoms with Crippen LogP contribution >= 0.6 is 0 Å².